The molecule has 1 aromatic heterocycles. The van der Waals surface area contributed by atoms with Crippen molar-refractivity contribution in [2.24, 2.45) is 5.92 Å². The maximum absolute atomic E-state index is 11.6. The van der Waals surface area contributed by atoms with Crippen LogP contribution in [0.1, 0.15) is 43.5 Å². The molecule has 0 spiro atoms. The SMILES string of the molecule is CC(C)CCCC(=O)c1ccnnc1. The number of ketones is 1. The predicted molar refractivity (Wildman–Crippen MR) is 55.1 cm³/mol. The monoisotopic (exact) mass is 192 g/mol. The van der Waals surface area contributed by atoms with Gasteiger partial charge in [0, 0.05) is 12.0 Å². The van der Waals surface area contributed by atoms with E-state index in [9.17, 15) is 4.79 Å². The van der Waals surface area contributed by atoms with E-state index < -0.39 is 0 Å². The average molecular weight is 192 g/mol. The van der Waals surface area contributed by atoms with E-state index in [0.29, 0.717) is 17.9 Å². The molecule has 1 aromatic rings. The number of rotatable bonds is 5. The van der Waals surface area contributed by atoms with E-state index in [4.69, 9.17) is 0 Å². The van der Waals surface area contributed by atoms with Crippen LogP contribution in [0.25, 0.3) is 0 Å². The number of aromatic nitrogens is 2. The molecule has 0 saturated carbocycles. The summed E-state index contributed by atoms with van der Waals surface area (Å²) in [5.41, 5.74) is 0.670. The van der Waals surface area contributed by atoms with Crippen molar-refractivity contribution in [3.8, 4) is 0 Å². The molecule has 76 valence electrons. The van der Waals surface area contributed by atoms with Crippen LogP contribution < -0.4 is 0 Å². The lowest BCUT2D eigenvalue weighted by molar-refractivity contribution is 0.0977. The minimum atomic E-state index is 0.167. The molecule has 3 heteroatoms. The van der Waals surface area contributed by atoms with Crippen molar-refractivity contribution in [3.05, 3.63) is 24.0 Å². The Balaban J connectivity index is 2.36. The van der Waals surface area contributed by atoms with Gasteiger partial charge in [-0.2, -0.15) is 10.2 Å². The number of Topliss-reactive ketones (excluding diaryl/α,β-unsaturated/α-hetero) is 1. The van der Waals surface area contributed by atoms with Gasteiger partial charge in [-0.1, -0.05) is 20.3 Å². The highest BCUT2D eigenvalue weighted by molar-refractivity contribution is 5.95. The Morgan fingerprint density at radius 1 is 1.43 bits per heavy atom. The lowest BCUT2D eigenvalue weighted by Crippen LogP contribution is -2.01. The highest BCUT2D eigenvalue weighted by atomic mass is 16.1. The van der Waals surface area contributed by atoms with Gasteiger partial charge in [0.05, 0.1) is 12.4 Å². The predicted octanol–water partition coefficient (Wildman–Crippen LogP) is 2.49. The van der Waals surface area contributed by atoms with Gasteiger partial charge in [0.15, 0.2) is 5.78 Å². The van der Waals surface area contributed by atoms with E-state index in [1.165, 1.54) is 6.20 Å². The minimum absolute atomic E-state index is 0.167. The molecule has 14 heavy (non-hydrogen) atoms. The number of hydrogen-bond donors (Lipinski definition) is 0. The van der Waals surface area contributed by atoms with Crippen LogP contribution in [0.15, 0.2) is 18.5 Å². The maximum atomic E-state index is 11.6. The average Bonchev–Trinajstić information content (AvgIpc) is 2.18. The quantitative estimate of drug-likeness (QED) is 0.673. The van der Waals surface area contributed by atoms with Gasteiger partial charge >= 0.3 is 0 Å². The summed E-state index contributed by atoms with van der Waals surface area (Å²) in [6, 6.07) is 1.71. The molecule has 0 N–H and O–H groups in total. The van der Waals surface area contributed by atoms with E-state index in [2.05, 4.69) is 24.0 Å². The molecule has 0 aliphatic rings. The van der Waals surface area contributed by atoms with Crippen molar-refractivity contribution in [1.29, 1.82) is 0 Å². The third-order valence-electron chi connectivity index (χ3n) is 2.09. The van der Waals surface area contributed by atoms with E-state index in [0.717, 1.165) is 12.8 Å². The molecule has 0 aromatic carbocycles. The zero-order chi connectivity index (χ0) is 10.4. The highest BCUT2D eigenvalue weighted by Gasteiger charge is 2.05. The van der Waals surface area contributed by atoms with Gasteiger partial charge in [0.1, 0.15) is 0 Å². The van der Waals surface area contributed by atoms with Crippen LogP contribution in [0.4, 0.5) is 0 Å². The Hall–Kier alpha value is -1.25. The van der Waals surface area contributed by atoms with Gasteiger partial charge in [0.2, 0.25) is 0 Å². The summed E-state index contributed by atoms with van der Waals surface area (Å²) in [5, 5.41) is 7.31. The van der Waals surface area contributed by atoms with E-state index in [-0.39, 0.29) is 5.78 Å². The van der Waals surface area contributed by atoms with Gasteiger partial charge in [-0.15, -0.1) is 0 Å². The zero-order valence-corrected chi connectivity index (χ0v) is 8.73. The molecule has 0 aliphatic carbocycles. The summed E-state index contributed by atoms with van der Waals surface area (Å²) in [6.07, 6.45) is 5.75. The maximum Gasteiger partial charge on any atom is 0.164 e. The summed E-state index contributed by atoms with van der Waals surface area (Å²) in [7, 11) is 0. The van der Waals surface area contributed by atoms with E-state index in [1.807, 2.05) is 0 Å². The molecule has 0 saturated heterocycles. The zero-order valence-electron chi connectivity index (χ0n) is 8.73. The Morgan fingerprint density at radius 3 is 2.79 bits per heavy atom. The highest BCUT2D eigenvalue weighted by Crippen LogP contribution is 2.09. The van der Waals surface area contributed by atoms with Crippen molar-refractivity contribution in [1.82, 2.24) is 10.2 Å². The first-order chi connectivity index (χ1) is 6.70. The fourth-order valence-electron chi connectivity index (χ4n) is 1.27. The second-order valence-electron chi connectivity index (χ2n) is 3.84. The summed E-state index contributed by atoms with van der Waals surface area (Å²) in [5.74, 6) is 0.832. The summed E-state index contributed by atoms with van der Waals surface area (Å²) in [4.78, 5) is 11.6. The molecule has 1 heterocycles. The normalized spacial score (nSPS) is 10.5. The summed E-state index contributed by atoms with van der Waals surface area (Å²) in [6.45, 7) is 4.33. The Kier molecular flexibility index (Phi) is 4.23. The first-order valence-corrected chi connectivity index (χ1v) is 5.00. The molecular weight excluding hydrogens is 176 g/mol. The molecule has 0 amide bonds. The van der Waals surface area contributed by atoms with Gasteiger partial charge in [0.25, 0.3) is 0 Å². The van der Waals surface area contributed by atoms with Crippen LogP contribution in [0.2, 0.25) is 0 Å². The van der Waals surface area contributed by atoms with E-state index in [1.54, 1.807) is 12.3 Å². The summed E-state index contributed by atoms with van der Waals surface area (Å²) >= 11 is 0. The van der Waals surface area contributed by atoms with Crippen LogP contribution in [-0.2, 0) is 0 Å². The molecule has 0 aliphatic heterocycles. The van der Waals surface area contributed by atoms with Gasteiger partial charge in [-0.25, -0.2) is 0 Å². The topological polar surface area (TPSA) is 42.9 Å². The Labute approximate surface area is 84.6 Å². The van der Waals surface area contributed by atoms with Crippen LogP contribution in [0.5, 0.6) is 0 Å². The van der Waals surface area contributed by atoms with Crippen molar-refractivity contribution >= 4 is 5.78 Å². The Bertz CT molecular complexity index is 283. The minimum Gasteiger partial charge on any atom is -0.294 e. The molecule has 0 atom stereocenters. The van der Waals surface area contributed by atoms with E-state index >= 15 is 0 Å². The van der Waals surface area contributed by atoms with Crippen LogP contribution in [0.3, 0.4) is 0 Å². The lowest BCUT2D eigenvalue weighted by Gasteiger charge is -2.03. The first kappa shape index (κ1) is 10.8. The van der Waals surface area contributed by atoms with Crippen molar-refractivity contribution in [3.63, 3.8) is 0 Å². The molecule has 0 fully saturated rings. The molecule has 0 unspecified atom stereocenters. The standard InChI is InChI=1S/C11H16N2O/c1-9(2)4-3-5-11(14)10-6-7-12-13-8-10/h6-9H,3-5H2,1-2H3. The number of hydrogen-bond acceptors (Lipinski definition) is 3. The smallest absolute Gasteiger partial charge is 0.164 e. The van der Waals surface area contributed by atoms with Crippen LogP contribution in [0, 0.1) is 5.92 Å². The summed E-state index contributed by atoms with van der Waals surface area (Å²) < 4.78 is 0. The van der Waals surface area contributed by atoms with Gasteiger partial charge < -0.3 is 0 Å². The second kappa shape index (κ2) is 5.47. The molecule has 1 rings (SSSR count). The number of nitrogens with zero attached hydrogens (tertiary/aromatic N) is 2. The lowest BCUT2D eigenvalue weighted by atomic mass is 10.0. The van der Waals surface area contributed by atoms with Crippen LogP contribution in [-0.4, -0.2) is 16.0 Å². The van der Waals surface area contributed by atoms with Crippen LogP contribution >= 0.6 is 0 Å². The van der Waals surface area contributed by atoms with Crippen molar-refractivity contribution in [2.45, 2.75) is 33.1 Å². The van der Waals surface area contributed by atoms with Gasteiger partial charge in [-0.05, 0) is 18.4 Å². The first-order valence-electron chi connectivity index (χ1n) is 5.00. The van der Waals surface area contributed by atoms with Gasteiger partial charge in [-0.3, -0.25) is 4.79 Å². The van der Waals surface area contributed by atoms with Crippen molar-refractivity contribution < 1.29 is 4.79 Å². The fraction of sp³-hybridized carbons (Fsp3) is 0.545. The van der Waals surface area contributed by atoms with Crippen molar-refractivity contribution in [2.75, 3.05) is 0 Å². The largest absolute Gasteiger partial charge is 0.294 e. The molecular formula is C11H16N2O. The molecule has 0 bridgehead atoms. The fourth-order valence-corrected chi connectivity index (χ4v) is 1.27. The Morgan fingerprint density at radius 2 is 2.21 bits per heavy atom. The third-order valence-corrected chi connectivity index (χ3v) is 2.09. The number of carbonyl (C=O) groups is 1. The molecule has 0 radical (unpaired) electrons. The molecule has 3 nitrogen and oxygen atoms in total. The number of carbonyl (C=O) groups excluding carboxylic acids is 1. The second-order valence-corrected chi connectivity index (χ2v) is 3.84. The third kappa shape index (κ3) is 3.64.